The normalized spacial score (nSPS) is 31.9. The molecular weight excluding hydrogens is 190 g/mol. The third-order valence-corrected chi connectivity index (χ3v) is 3.96. The molecule has 0 radical (unpaired) electrons. The van der Waals surface area contributed by atoms with E-state index in [-0.39, 0.29) is 18.0 Å². The largest absolute Gasteiger partial charge is 0.373 e. The molecule has 0 aliphatic carbocycles. The van der Waals surface area contributed by atoms with E-state index >= 15 is 0 Å². The zero-order valence-electron chi connectivity index (χ0n) is 8.36. The highest BCUT2D eigenvalue weighted by atomic mass is 32.2. The van der Waals surface area contributed by atoms with Crippen molar-refractivity contribution in [2.24, 2.45) is 0 Å². The second-order valence-corrected chi connectivity index (χ2v) is 5.73. The Morgan fingerprint density at radius 2 is 1.77 bits per heavy atom. The zero-order valence-corrected chi connectivity index (χ0v) is 9.17. The van der Waals surface area contributed by atoms with E-state index in [0.29, 0.717) is 13.1 Å². The van der Waals surface area contributed by atoms with E-state index in [1.165, 1.54) is 4.31 Å². The fraction of sp³-hybridized carbons (Fsp3) is 1.00. The van der Waals surface area contributed by atoms with Crippen molar-refractivity contribution < 1.29 is 13.2 Å². The molecule has 0 amide bonds. The van der Waals surface area contributed by atoms with E-state index in [1.54, 1.807) is 6.92 Å². The van der Waals surface area contributed by atoms with E-state index in [9.17, 15) is 8.42 Å². The van der Waals surface area contributed by atoms with Crippen LogP contribution in [0.3, 0.4) is 0 Å². The van der Waals surface area contributed by atoms with Gasteiger partial charge in [0.2, 0.25) is 10.0 Å². The molecule has 0 aromatic heterocycles. The molecular formula is C8H17NO3S. The monoisotopic (exact) mass is 207 g/mol. The summed E-state index contributed by atoms with van der Waals surface area (Å²) in [6.45, 7) is 6.43. The number of hydrogen-bond donors (Lipinski definition) is 0. The van der Waals surface area contributed by atoms with E-state index in [1.807, 2.05) is 13.8 Å². The molecule has 1 aliphatic heterocycles. The van der Waals surface area contributed by atoms with Gasteiger partial charge >= 0.3 is 0 Å². The third kappa shape index (κ3) is 2.65. The second-order valence-electron chi connectivity index (χ2n) is 3.47. The summed E-state index contributed by atoms with van der Waals surface area (Å²) in [5.41, 5.74) is 0. The molecule has 5 heteroatoms. The molecule has 1 saturated heterocycles. The molecule has 13 heavy (non-hydrogen) atoms. The van der Waals surface area contributed by atoms with E-state index in [0.717, 1.165) is 0 Å². The summed E-state index contributed by atoms with van der Waals surface area (Å²) in [6.07, 6.45) is 0.00940. The average molecular weight is 207 g/mol. The molecule has 0 N–H and O–H groups in total. The van der Waals surface area contributed by atoms with Crippen LogP contribution >= 0.6 is 0 Å². The van der Waals surface area contributed by atoms with Crippen molar-refractivity contribution >= 4 is 10.0 Å². The van der Waals surface area contributed by atoms with Gasteiger partial charge in [-0.25, -0.2) is 8.42 Å². The van der Waals surface area contributed by atoms with Crippen LogP contribution in [0.4, 0.5) is 0 Å². The summed E-state index contributed by atoms with van der Waals surface area (Å²) in [5.74, 6) is 0.173. The molecule has 1 fully saturated rings. The summed E-state index contributed by atoms with van der Waals surface area (Å²) >= 11 is 0. The van der Waals surface area contributed by atoms with Crippen LogP contribution in [0.5, 0.6) is 0 Å². The summed E-state index contributed by atoms with van der Waals surface area (Å²) in [7, 11) is -3.03. The molecule has 4 nitrogen and oxygen atoms in total. The van der Waals surface area contributed by atoms with Crippen LogP contribution in [-0.2, 0) is 14.8 Å². The highest BCUT2D eigenvalue weighted by Crippen LogP contribution is 2.14. The number of morpholine rings is 1. The summed E-state index contributed by atoms with van der Waals surface area (Å²) in [4.78, 5) is 0. The Morgan fingerprint density at radius 3 is 2.15 bits per heavy atom. The highest BCUT2D eigenvalue weighted by molar-refractivity contribution is 7.89. The smallest absolute Gasteiger partial charge is 0.214 e. The van der Waals surface area contributed by atoms with Gasteiger partial charge in [-0.1, -0.05) is 0 Å². The van der Waals surface area contributed by atoms with Crippen LogP contribution in [0.1, 0.15) is 20.8 Å². The molecule has 0 spiro atoms. The van der Waals surface area contributed by atoms with Gasteiger partial charge in [0.05, 0.1) is 18.0 Å². The quantitative estimate of drug-likeness (QED) is 0.660. The topological polar surface area (TPSA) is 46.6 Å². The Balaban J connectivity index is 2.71. The van der Waals surface area contributed by atoms with Crippen molar-refractivity contribution in [1.29, 1.82) is 0 Å². The number of nitrogens with zero attached hydrogens (tertiary/aromatic N) is 1. The van der Waals surface area contributed by atoms with Crippen LogP contribution in [0.15, 0.2) is 0 Å². The zero-order chi connectivity index (χ0) is 10.1. The Bertz CT molecular complexity index is 253. The van der Waals surface area contributed by atoms with Crippen LogP contribution in [0.25, 0.3) is 0 Å². The Labute approximate surface area is 79.9 Å². The van der Waals surface area contributed by atoms with Crippen molar-refractivity contribution in [2.45, 2.75) is 33.0 Å². The molecule has 78 valence electrons. The Morgan fingerprint density at radius 1 is 1.31 bits per heavy atom. The van der Waals surface area contributed by atoms with Crippen molar-refractivity contribution in [3.05, 3.63) is 0 Å². The van der Waals surface area contributed by atoms with Crippen molar-refractivity contribution in [3.63, 3.8) is 0 Å². The third-order valence-electron chi connectivity index (χ3n) is 2.14. The van der Waals surface area contributed by atoms with Crippen molar-refractivity contribution in [2.75, 3.05) is 18.8 Å². The van der Waals surface area contributed by atoms with Crippen molar-refractivity contribution in [1.82, 2.24) is 4.31 Å². The number of rotatable bonds is 2. The molecule has 1 aliphatic rings. The standard InChI is InChI=1S/C8H17NO3S/c1-4-13(10,11)9-5-7(2)12-8(3)6-9/h7-8H,4-6H2,1-3H3/t7-,8-/m1/s1. The maximum Gasteiger partial charge on any atom is 0.214 e. The minimum Gasteiger partial charge on any atom is -0.373 e. The minimum absolute atomic E-state index is 0.00470. The van der Waals surface area contributed by atoms with Gasteiger partial charge in [-0.15, -0.1) is 0 Å². The molecule has 0 aromatic rings. The Kier molecular flexibility index (Phi) is 3.32. The van der Waals surface area contributed by atoms with Crippen LogP contribution < -0.4 is 0 Å². The van der Waals surface area contributed by atoms with E-state index in [2.05, 4.69) is 0 Å². The van der Waals surface area contributed by atoms with Crippen molar-refractivity contribution in [3.8, 4) is 0 Å². The maximum absolute atomic E-state index is 11.5. The number of hydrogen-bond acceptors (Lipinski definition) is 3. The van der Waals surface area contributed by atoms with Crippen LogP contribution in [0, 0.1) is 0 Å². The summed E-state index contributed by atoms with van der Waals surface area (Å²) in [5, 5.41) is 0. The molecule has 0 saturated carbocycles. The summed E-state index contributed by atoms with van der Waals surface area (Å²) in [6, 6.07) is 0. The molecule has 0 bridgehead atoms. The predicted molar refractivity (Wildman–Crippen MR) is 51.0 cm³/mol. The minimum atomic E-state index is -3.03. The van der Waals surface area contributed by atoms with Gasteiger partial charge < -0.3 is 4.74 Å². The fourth-order valence-corrected chi connectivity index (χ4v) is 2.78. The number of sulfonamides is 1. The molecule has 1 rings (SSSR count). The summed E-state index contributed by atoms with van der Waals surface area (Å²) < 4.78 is 30.0. The molecule has 1 heterocycles. The molecule has 0 unspecified atom stereocenters. The van der Waals surface area contributed by atoms with Gasteiger partial charge in [-0.3, -0.25) is 0 Å². The van der Waals surface area contributed by atoms with Gasteiger partial charge in [0.25, 0.3) is 0 Å². The predicted octanol–water partition coefficient (Wildman–Crippen LogP) is 0.445. The molecule has 2 atom stereocenters. The maximum atomic E-state index is 11.5. The first-order chi connectivity index (χ1) is 5.95. The van der Waals surface area contributed by atoms with Gasteiger partial charge in [0.1, 0.15) is 0 Å². The Hall–Kier alpha value is -0.130. The van der Waals surface area contributed by atoms with E-state index < -0.39 is 10.0 Å². The first-order valence-electron chi connectivity index (χ1n) is 4.59. The van der Waals surface area contributed by atoms with Crippen LogP contribution in [0.2, 0.25) is 0 Å². The van der Waals surface area contributed by atoms with Gasteiger partial charge in [0.15, 0.2) is 0 Å². The van der Waals surface area contributed by atoms with Crippen LogP contribution in [-0.4, -0.2) is 43.8 Å². The lowest BCUT2D eigenvalue weighted by Gasteiger charge is -2.34. The highest BCUT2D eigenvalue weighted by Gasteiger charge is 2.29. The van der Waals surface area contributed by atoms with Gasteiger partial charge in [-0.05, 0) is 20.8 Å². The van der Waals surface area contributed by atoms with Gasteiger partial charge in [-0.2, -0.15) is 4.31 Å². The first kappa shape index (κ1) is 10.9. The SMILES string of the molecule is CCS(=O)(=O)N1C[C@@H](C)O[C@H](C)C1. The average Bonchev–Trinajstić information content (AvgIpc) is 2.02. The lowest BCUT2D eigenvalue weighted by Crippen LogP contribution is -2.48. The number of ether oxygens (including phenoxy) is 1. The van der Waals surface area contributed by atoms with Gasteiger partial charge in [0, 0.05) is 13.1 Å². The fourth-order valence-electron chi connectivity index (χ4n) is 1.54. The second kappa shape index (κ2) is 3.94. The lowest BCUT2D eigenvalue weighted by molar-refractivity contribution is -0.0440. The molecule has 0 aromatic carbocycles. The first-order valence-corrected chi connectivity index (χ1v) is 6.20. The lowest BCUT2D eigenvalue weighted by atomic mass is 10.3. The van der Waals surface area contributed by atoms with E-state index in [4.69, 9.17) is 4.74 Å².